The predicted octanol–water partition coefficient (Wildman–Crippen LogP) is 3.34. The number of ketones is 1. The van der Waals surface area contributed by atoms with E-state index in [-0.39, 0.29) is 11.5 Å². The first-order valence-electron chi connectivity index (χ1n) is 6.11. The highest BCUT2D eigenvalue weighted by Crippen LogP contribution is 2.29. The van der Waals surface area contributed by atoms with E-state index in [0.29, 0.717) is 22.2 Å². The molecule has 3 nitrogen and oxygen atoms in total. The van der Waals surface area contributed by atoms with Crippen molar-refractivity contribution >= 4 is 27.4 Å². The molecule has 0 bridgehead atoms. The zero-order valence-corrected chi connectivity index (χ0v) is 12.0. The summed E-state index contributed by atoms with van der Waals surface area (Å²) in [7, 11) is 0. The maximum atomic E-state index is 13.3. The lowest BCUT2D eigenvalue weighted by Crippen LogP contribution is -2.05. The van der Waals surface area contributed by atoms with Crippen LogP contribution < -0.4 is 10.5 Å². The summed E-state index contributed by atoms with van der Waals surface area (Å²) in [6.07, 6.45) is 0.795. The van der Waals surface area contributed by atoms with Crippen LogP contribution in [0.1, 0.15) is 21.5 Å². The molecule has 0 spiro atoms. The molecular weight excluding hydrogens is 325 g/mol. The Kier molecular flexibility index (Phi) is 3.22. The van der Waals surface area contributed by atoms with Gasteiger partial charge in [-0.15, -0.1) is 0 Å². The number of carbonyl (C=O) groups is 1. The molecule has 0 unspecified atom stereocenters. The van der Waals surface area contributed by atoms with Gasteiger partial charge in [0.15, 0.2) is 5.78 Å². The van der Waals surface area contributed by atoms with Gasteiger partial charge in [0, 0.05) is 22.0 Å². The van der Waals surface area contributed by atoms with Gasteiger partial charge in [-0.05, 0) is 51.8 Å². The van der Waals surface area contributed by atoms with Crippen molar-refractivity contribution in [2.75, 3.05) is 12.3 Å². The largest absolute Gasteiger partial charge is 0.493 e. The van der Waals surface area contributed by atoms with Gasteiger partial charge in [-0.2, -0.15) is 0 Å². The SMILES string of the molecule is Nc1cc(C(=O)c2ccc3c(c2)CCO3)c(Br)cc1F. The Balaban J connectivity index is 2.03. The van der Waals surface area contributed by atoms with Crippen LogP contribution in [0.3, 0.4) is 0 Å². The first-order valence-corrected chi connectivity index (χ1v) is 6.90. The summed E-state index contributed by atoms with van der Waals surface area (Å²) >= 11 is 3.20. The van der Waals surface area contributed by atoms with Crippen molar-refractivity contribution < 1.29 is 13.9 Å². The molecule has 3 rings (SSSR count). The number of hydrogen-bond acceptors (Lipinski definition) is 3. The van der Waals surface area contributed by atoms with E-state index in [2.05, 4.69) is 15.9 Å². The zero-order chi connectivity index (χ0) is 14.3. The van der Waals surface area contributed by atoms with E-state index in [9.17, 15) is 9.18 Å². The smallest absolute Gasteiger partial charge is 0.194 e. The van der Waals surface area contributed by atoms with Crippen molar-refractivity contribution in [1.29, 1.82) is 0 Å². The number of nitrogens with two attached hydrogens (primary N) is 1. The maximum Gasteiger partial charge on any atom is 0.194 e. The lowest BCUT2D eigenvalue weighted by molar-refractivity contribution is 0.103. The molecule has 5 heteroatoms. The van der Waals surface area contributed by atoms with E-state index in [1.165, 1.54) is 12.1 Å². The second-order valence-corrected chi connectivity index (χ2v) is 5.46. The van der Waals surface area contributed by atoms with Gasteiger partial charge < -0.3 is 10.5 Å². The number of ether oxygens (including phenoxy) is 1. The minimum atomic E-state index is -0.546. The lowest BCUT2D eigenvalue weighted by atomic mass is 10.00. The van der Waals surface area contributed by atoms with Crippen molar-refractivity contribution in [2.45, 2.75) is 6.42 Å². The van der Waals surface area contributed by atoms with Gasteiger partial charge in [0.2, 0.25) is 0 Å². The van der Waals surface area contributed by atoms with Crippen LogP contribution in [0.5, 0.6) is 5.75 Å². The molecule has 1 aliphatic rings. The molecule has 2 aromatic carbocycles. The van der Waals surface area contributed by atoms with Gasteiger partial charge in [-0.1, -0.05) is 0 Å². The molecule has 0 aliphatic carbocycles. The van der Waals surface area contributed by atoms with Gasteiger partial charge in [0.25, 0.3) is 0 Å². The van der Waals surface area contributed by atoms with Crippen molar-refractivity contribution in [3.8, 4) is 5.75 Å². The summed E-state index contributed by atoms with van der Waals surface area (Å²) < 4.78 is 19.1. The number of anilines is 1. The van der Waals surface area contributed by atoms with Crippen molar-refractivity contribution in [1.82, 2.24) is 0 Å². The Morgan fingerprint density at radius 2 is 2.10 bits per heavy atom. The van der Waals surface area contributed by atoms with E-state index >= 15 is 0 Å². The summed E-state index contributed by atoms with van der Waals surface area (Å²) in [5, 5.41) is 0. The van der Waals surface area contributed by atoms with E-state index < -0.39 is 5.82 Å². The Hall–Kier alpha value is -1.88. The summed E-state index contributed by atoms with van der Waals surface area (Å²) in [4.78, 5) is 12.5. The Bertz CT molecular complexity index is 715. The standard InChI is InChI=1S/C15H11BrFNO2/c16-11-7-12(17)13(18)6-10(11)15(19)9-1-2-14-8(5-9)3-4-20-14/h1-2,5-7H,3-4,18H2. The average Bonchev–Trinajstić information content (AvgIpc) is 2.89. The van der Waals surface area contributed by atoms with Crippen LogP contribution in [-0.4, -0.2) is 12.4 Å². The molecular formula is C15H11BrFNO2. The molecule has 1 aliphatic heterocycles. The third-order valence-electron chi connectivity index (χ3n) is 3.28. The number of carbonyl (C=O) groups excluding carboxylic acids is 1. The molecule has 1 heterocycles. The average molecular weight is 336 g/mol. The van der Waals surface area contributed by atoms with Crippen LogP contribution in [0.15, 0.2) is 34.8 Å². The molecule has 0 saturated carbocycles. The second kappa shape index (κ2) is 4.90. The molecule has 102 valence electrons. The van der Waals surface area contributed by atoms with Crippen molar-refractivity contribution in [3.63, 3.8) is 0 Å². The number of fused-ring (bicyclic) bond motifs is 1. The van der Waals surface area contributed by atoms with Crippen LogP contribution in [0.2, 0.25) is 0 Å². The van der Waals surface area contributed by atoms with Gasteiger partial charge in [-0.3, -0.25) is 4.79 Å². The Morgan fingerprint density at radius 3 is 2.90 bits per heavy atom. The van der Waals surface area contributed by atoms with E-state index in [0.717, 1.165) is 17.7 Å². The minimum Gasteiger partial charge on any atom is -0.493 e. The second-order valence-electron chi connectivity index (χ2n) is 4.60. The third kappa shape index (κ3) is 2.18. The third-order valence-corrected chi connectivity index (χ3v) is 3.94. The molecule has 0 atom stereocenters. The number of halogens is 2. The van der Waals surface area contributed by atoms with Gasteiger partial charge in [-0.25, -0.2) is 4.39 Å². The van der Waals surface area contributed by atoms with Crippen LogP contribution in [-0.2, 0) is 6.42 Å². The van der Waals surface area contributed by atoms with E-state index in [1.807, 2.05) is 6.07 Å². The molecule has 0 saturated heterocycles. The maximum absolute atomic E-state index is 13.3. The lowest BCUT2D eigenvalue weighted by Gasteiger charge is -2.07. The molecule has 0 radical (unpaired) electrons. The normalized spacial score (nSPS) is 12.9. The van der Waals surface area contributed by atoms with Crippen LogP contribution in [0.4, 0.5) is 10.1 Å². The number of rotatable bonds is 2. The summed E-state index contributed by atoms with van der Waals surface area (Å²) in [5.74, 6) is 0.0771. The van der Waals surface area contributed by atoms with Crippen LogP contribution in [0, 0.1) is 5.82 Å². The molecule has 0 fully saturated rings. The molecule has 0 amide bonds. The summed E-state index contributed by atoms with van der Waals surface area (Å²) in [5.41, 5.74) is 7.39. The monoisotopic (exact) mass is 335 g/mol. The zero-order valence-electron chi connectivity index (χ0n) is 10.5. The molecule has 2 aromatic rings. The fourth-order valence-corrected chi connectivity index (χ4v) is 2.72. The fraction of sp³-hybridized carbons (Fsp3) is 0.133. The Labute approximate surface area is 123 Å². The first kappa shape index (κ1) is 13.1. The van der Waals surface area contributed by atoms with Crippen LogP contribution >= 0.6 is 15.9 Å². The van der Waals surface area contributed by atoms with Crippen molar-refractivity contribution in [2.24, 2.45) is 0 Å². The van der Waals surface area contributed by atoms with E-state index in [1.54, 1.807) is 12.1 Å². The number of hydrogen-bond donors (Lipinski definition) is 1. The highest BCUT2D eigenvalue weighted by molar-refractivity contribution is 9.10. The summed E-state index contributed by atoms with van der Waals surface area (Å²) in [6, 6.07) is 7.87. The molecule has 0 aromatic heterocycles. The molecule has 2 N–H and O–H groups in total. The predicted molar refractivity (Wildman–Crippen MR) is 77.6 cm³/mol. The van der Waals surface area contributed by atoms with E-state index in [4.69, 9.17) is 10.5 Å². The van der Waals surface area contributed by atoms with Crippen LogP contribution in [0.25, 0.3) is 0 Å². The fourth-order valence-electron chi connectivity index (χ4n) is 2.22. The quantitative estimate of drug-likeness (QED) is 0.676. The van der Waals surface area contributed by atoms with Gasteiger partial charge in [0.05, 0.1) is 12.3 Å². The minimum absolute atomic E-state index is 0.0407. The van der Waals surface area contributed by atoms with Gasteiger partial charge in [0.1, 0.15) is 11.6 Å². The summed E-state index contributed by atoms with van der Waals surface area (Å²) in [6.45, 7) is 0.639. The number of nitrogen functional groups attached to an aromatic ring is 1. The van der Waals surface area contributed by atoms with Crippen molar-refractivity contribution in [3.05, 3.63) is 57.3 Å². The number of benzene rings is 2. The first-order chi connectivity index (χ1) is 9.56. The highest BCUT2D eigenvalue weighted by Gasteiger charge is 2.18. The Morgan fingerprint density at radius 1 is 1.30 bits per heavy atom. The highest BCUT2D eigenvalue weighted by atomic mass is 79.9. The molecule has 20 heavy (non-hydrogen) atoms. The van der Waals surface area contributed by atoms with Gasteiger partial charge >= 0.3 is 0 Å². The topological polar surface area (TPSA) is 52.3 Å².